The third-order valence-electron chi connectivity index (χ3n) is 4.47. The first-order valence-electron chi connectivity index (χ1n) is 9.95. The Balaban J connectivity index is 1.85. The molecule has 0 aliphatic carbocycles. The van der Waals surface area contributed by atoms with E-state index in [2.05, 4.69) is 13.8 Å². The first kappa shape index (κ1) is 21.4. The highest BCUT2D eigenvalue weighted by molar-refractivity contribution is 5.79. The Labute approximate surface area is 175 Å². The number of rotatable bonds is 7. The van der Waals surface area contributed by atoms with Crippen LogP contribution in [0.25, 0.3) is 11.0 Å². The topological polar surface area (TPSA) is 75.0 Å². The number of benzene rings is 2. The van der Waals surface area contributed by atoms with Gasteiger partial charge >= 0.3 is 5.97 Å². The van der Waals surface area contributed by atoms with Gasteiger partial charge in [0.25, 0.3) is 0 Å². The zero-order valence-electron chi connectivity index (χ0n) is 17.8. The molecule has 1 heterocycles. The van der Waals surface area contributed by atoms with Crippen LogP contribution >= 0.6 is 0 Å². The molecule has 1 aromatic heterocycles. The average molecular weight is 410 g/mol. The van der Waals surface area contributed by atoms with Crippen LogP contribution in [0.4, 0.5) is 0 Å². The lowest BCUT2D eigenvalue weighted by Gasteiger charge is -2.16. The molecule has 3 rings (SSSR count). The number of fused-ring (bicyclic) bond motifs is 1. The molecule has 6 heteroatoms. The predicted octanol–water partition coefficient (Wildman–Crippen LogP) is 5.43. The van der Waals surface area contributed by atoms with Crippen molar-refractivity contribution in [1.29, 1.82) is 0 Å². The van der Waals surface area contributed by atoms with Crippen molar-refractivity contribution >= 4 is 16.9 Å². The standard InChI is InChI=1S/C24H26O6/c1-14(2)18-8-6-7-9-20(18)30-22-13-27-21-12-17(10-11-19(21)23(22)25)29-16(5)24(26)28-15(3)4/h6-16H,1-5H3/t16-/m0/s1. The molecule has 0 saturated carbocycles. The van der Waals surface area contributed by atoms with E-state index in [9.17, 15) is 9.59 Å². The van der Waals surface area contributed by atoms with Gasteiger partial charge in [0.15, 0.2) is 6.10 Å². The Hall–Kier alpha value is -3.28. The monoisotopic (exact) mass is 410 g/mol. The van der Waals surface area contributed by atoms with Gasteiger partial charge in [0.1, 0.15) is 23.3 Å². The molecule has 0 aliphatic heterocycles. The summed E-state index contributed by atoms with van der Waals surface area (Å²) >= 11 is 0. The van der Waals surface area contributed by atoms with Crippen LogP contribution in [0.3, 0.4) is 0 Å². The van der Waals surface area contributed by atoms with Gasteiger partial charge in [-0.25, -0.2) is 4.79 Å². The Morgan fingerprint density at radius 2 is 1.70 bits per heavy atom. The SMILES string of the molecule is CC(C)OC(=O)[C@H](C)Oc1ccc2c(=O)c(Oc3ccccc3C(C)C)coc2c1. The molecular formula is C24H26O6. The number of hydrogen-bond acceptors (Lipinski definition) is 6. The zero-order chi connectivity index (χ0) is 21.8. The van der Waals surface area contributed by atoms with E-state index in [4.69, 9.17) is 18.6 Å². The van der Waals surface area contributed by atoms with E-state index in [0.717, 1.165) is 5.56 Å². The molecule has 0 unspecified atom stereocenters. The van der Waals surface area contributed by atoms with Gasteiger partial charge in [0, 0.05) is 6.07 Å². The normalized spacial score (nSPS) is 12.2. The maximum absolute atomic E-state index is 12.9. The van der Waals surface area contributed by atoms with Crippen molar-refractivity contribution in [2.24, 2.45) is 0 Å². The maximum atomic E-state index is 12.9. The number of carbonyl (C=O) groups excluding carboxylic acids is 1. The van der Waals surface area contributed by atoms with Gasteiger partial charge in [0.2, 0.25) is 11.2 Å². The lowest BCUT2D eigenvalue weighted by Crippen LogP contribution is -2.28. The molecule has 1 atom stereocenters. The van der Waals surface area contributed by atoms with E-state index < -0.39 is 12.1 Å². The van der Waals surface area contributed by atoms with E-state index in [1.165, 1.54) is 6.26 Å². The van der Waals surface area contributed by atoms with Crippen LogP contribution in [0.1, 0.15) is 46.1 Å². The number of ether oxygens (including phenoxy) is 3. The van der Waals surface area contributed by atoms with Gasteiger partial charge in [-0.15, -0.1) is 0 Å². The fourth-order valence-electron chi connectivity index (χ4n) is 2.98. The van der Waals surface area contributed by atoms with Gasteiger partial charge in [-0.05, 0) is 50.5 Å². The average Bonchev–Trinajstić information content (AvgIpc) is 2.70. The molecule has 6 nitrogen and oxygen atoms in total. The van der Waals surface area contributed by atoms with Crippen molar-refractivity contribution in [1.82, 2.24) is 0 Å². The molecular weight excluding hydrogens is 384 g/mol. The van der Waals surface area contributed by atoms with Crippen LogP contribution in [-0.4, -0.2) is 18.2 Å². The minimum absolute atomic E-state index is 0.109. The van der Waals surface area contributed by atoms with Crippen LogP contribution in [0.2, 0.25) is 0 Å². The third kappa shape index (κ3) is 4.82. The van der Waals surface area contributed by atoms with E-state index in [1.54, 1.807) is 39.0 Å². The zero-order valence-corrected chi connectivity index (χ0v) is 17.8. The molecule has 0 fully saturated rings. The van der Waals surface area contributed by atoms with Crippen molar-refractivity contribution in [2.75, 3.05) is 0 Å². The Bertz CT molecular complexity index is 1100. The van der Waals surface area contributed by atoms with Gasteiger partial charge < -0.3 is 18.6 Å². The molecule has 0 saturated heterocycles. The smallest absolute Gasteiger partial charge is 0.347 e. The van der Waals surface area contributed by atoms with Crippen LogP contribution in [0.15, 0.2) is 57.9 Å². The van der Waals surface area contributed by atoms with Gasteiger partial charge in [0.05, 0.1) is 11.5 Å². The third-order valence-corrected chi connectivity index (χ3v) is 4.47. The minimum atomic E-state index is -0.785. The summed E-state index contributed by atoms with van der Waals surface area (Å²) in [7, 11) is 0. The molecule has 0 N–H and O–H groups in total. The second kappa shape index (κ2) is 9.03. The van der Waals surface area contributed by atoms with Crippen molar-refractivity contribution in [3.63, 3.8) is 0 Å². The van der Waals surface area contributed by atoms with E-state index in [1.807, 2.05) is 24.3 Å². The molecule has 0 bridgehead atoms. The van der Waals surface area contributed by atoms with Crippen molar-refractivity contribution in [2.45, 2.75) is 52.7 Å². The van der Waals surface area contributed by atoms with Crippen LogP contribution in [0, 0.1) is 0 Å². The fraction of sp³-hybridized carbons (Fsp3) is 0.333. The molecule has 30 heavy (non-hydrogen) atoms. The summed E-state index contributed by atoms with van der Waals surface area (Å²) in [5.74, 6) is 0.921. The summed E-state index contributed by atoms with van der Waals surface area (Å²) in [6.45, 7) is 9.27. The highest BCUT2D eigenvalue weighted by atomic mass is 16.6. The molecule has 0 spiro atoms. The molecule has 2 aromatic carbocycles. The summed E-state index contributed by atoms with van der Waals surface area (Å²) < 4.78 is 22.3. The van der Waals surface area contributed by atoms with E-state index >= 15 is 0 Å². The molecule has 0 aliphatic rings. The van der Waals surface area contributed by atoms with Gasteiger partial charge in [-0.1, -0.05) is 32.0 Å². The largest absolute Gasteiger partial charge is 0.479 e. The van der Waals surface area contributed by atoms with Crippen molar-refractivity contribution < 1.29 is 23.4 Å². The number of hydrogen-bond donors (Lipinski definition) is 0. The van der Waals surface area contributed by atoms with E-state index in [-0.39, 0.29) is 23.2 Å². The number of carbonyl (C=O) groups is 1. The lowest BCUT2D eigenvalue weighted by molar-refractivity contribution is -0.154. The Morgan fingerprint density at radius 1 is 0.967 bits per heavy atom. The second-order valence-electron chi connectivity index (χ2n) is 7.63. The predicted molar refractivity (Wildman–Crippen MR) is 114 cm³/mol. The summed E-state index contributed by atoms with van der Waals surface area (Å²) in [5.41, 5.74) is 1.06. The van der Waals surface area contributed by atoms with Crippen LogP contribution in [0.5, 0.6) is 17.2 Å². The first-order valence-corrected chi connectivity index (χ1v) is 9.95. The second-order valence-corrected chi connectivity index (χ2v) is 7.63. The minimum Gasteiger partial charge on any atom is -0.479 e. The Morgan fingerprint density at radius 3 is 2.40 bits per heavy atom. The molecule has 0 radical (unpaired) electrons. The molecule has 158 valence electrons. The first-order chi connectivity index (χ1) is 14.3. The summed E-state index contributed by atoms with van der Waals surface area (Å²) in [6.07, 6.45) is 0.284. The highest BCUT2D eigenvalue weighted by Crippen LogP contribution is 2.30. The van der Waals surface area contributed by atoms with Gasteiger partial charge in [-0.3, -0.25) is 4.79 Å². The number of esters is 1. The molecule has 0 amide bonds. The summed E-state index contributed by atoms with van der Waals surface area (Å²) in [4.78, 5) is 24.8. The highest BCUT2D eigenvalue weighted by Gasteiger charge is 2.19. The maximum Gasteiger partial charge on any atom is 0.347 e. The fourth-order valence-corrected chi connectivity index (χ4v) is 2.98. The summed E-state index contributed by atoms with van der Waals surface area (Å²) in [6, 6.07) is 12.4. The quantitative estimate of drug-likeness (QED) is 0.484. The van der Waals surface area contributed by atoms with Crippen LogP contribution in [-0.2, 0) is 9.53 Å². The summed E-state index contributed by atoms with van der Waals surface area (Å²) in [5, 5.41) is 0.360. The van der Waals surface area contributed by atoms with Crippen LogP contribution < -0.4 is 14.9 Å². The van der Waals surface area contributed by atoms with Crippen molar-refractivity contribution in [3.05, 3.63) is 64.5 Å². The van der Waals surface area contributed by atoms with Gasteiger partial charge in [-0.2, -0.15) is 0 Å². The lowest BCUT2D eigenvalue weighted by atomic mass is 10.0. The Kier molecular flexibility index (Phi) is 6.45. The van der Waals surface area contributed by atoms with E-state index in [0.29, 0.717) is 22.5 Å². The molecule has 3 aromatic rings. The van der Waals surface area contributed by atoms with Crippen molar-refractivity contribution in [3.8, 4) is 17.2 Å². The number of para-hydroxylation sites is 1.